The van der Waals surface area contributed by atoms with Crippen molar-refractivity contribution in [3.05, 3.63) is 60.0 Å². The predicted octanol–water partition coefficient (Wildman–Crippen LogP) is 2.99. The number of aromatic nitrogens is 2. The van der Waals surface area contributed by atoms with Gasteiger partial charge in [0.15, 0.2) is 5.76 Å². The van der Waals surface area contributed by atoms with Gasteiger partial charge < -0.3 is 13.9 Å². The second-order valence-electron chi connectivity index (χ2n) is 4.89. The zero-order valence-corrected chi connectivity index (χ0v) is 12.9. The van der Waals surface area contributed by atoms with E-state index in [1.165, 1.54) is 7.11 Å². The van der Waals surface area contributed by atoms with Gasteiger partial charge in [0, 0.05) is 6.07 Å². The molecule has 0 saturated heterocycles. The van der Waals surface area contributed by atoms with E-state index in [9.17, 15) is 4.79 Å². The maximum atomic E-state index is 12.0. The molecule has 0 unspecified atom stereocenters. The van der Waals surface area contributed by atoms with Gasteiger partial charge >= 0.3 is 5.97 Å². The molecule has 118 valence electrons. The smallest absolute Gasteiger partial charge is 0.356 e. The molecular weight excluding hydrogens is 296 g/mol. The standard InChI is InChI=1S/C17H16N2O4/c1-21-13-7-5-12(6-8-13)11-19-15(17(20)22-2)10-14(18-19)16-4-3-9-23-16/h3-10H,11H2,1-2H3. The third-order valence-electron chi connectivity index (χ3n) is 3.44. The quantitative estimate of drug-likeness (QED) is 0.678. The zero-order chi connectivity index (χ0) is 16.2. The Labute approximate surface area is 133 Å². The second-order valence-corrected chi connectivity index (χ2v) is 4.89. The summed E-state index contributed by atoms with van der Waals surface area (Å²) in [6, 6.07) is 12.8. The molecule has 2 heterocycles. The number of benzene rings is 1. The first kappa shape index (κ1) is 14.9. The van der Waals surface area contributed by atoms with E-state index < -0.39 is 5.97 Å². The lowest BCUT2D eigenvalue weighted by Crippen LogP contribution is -2.12. The third kappa shape index (κ3) is 3.11. The minimum atomic E-state index is -0.441. The lowest BCUT2D eigenvalue weighted by Gasteiger charge is -2.07. The SMILES string of the molecule is COC(=O)c1cc(-c2ccco2)nn1Cc1ccc(OC)cc1. The summed E-state index contributed by atoms with van der Waals surface area (Å²) in [6.07, 6.45) is 1.57. The van der Waals surface area contributed by atoms with E-state index in [0.29, 0.717) is 23.7 Å². The normalized spacial score (nSPS) is 10.5. The highest BCUT2D eigenvalue weighted by Crippen LogP contribution is 2.21. The molecule has 3 rings (SSSR count). The van der Waals surface area contributed by atoms with Crippen molar-refractivity contribution in [3.8, 4) is 17.2 Å². The van der Waals surface area contributed by atoms with Gasteiger partial charge in [-0.3, -0.25) is 4.68 Å². The number of esters is 1. The molecule has 0 radical (unpaired) electrons. The molecule has 23 heavy (non-hydrogen) atoms. The number of rotatable bonds is 5. The van der Waals surface area contributed by atoms with Crippen molar-refractivity contribution in [2.24, 2.45) is 0 Å². The van der Waals surface area contributed by atoms with E-state index in [1.54, 1.807) is 36.3 Å². The number of hydrogen-bond donors (Lipinski definition) is 0. The fourth-order valence-corrected chi connectivity index (χ4v) is 2.25. The van der Waals surface area contributed by atoms with Crippen LogP contribution in [0.4, 0.5) is 0 Å². The largest absolute Gasteiger partial charge is 0.497 e. The van der Waals surface area contributed by atoms with Crippen molar-refractivity contribution in [3.63, 3.8) is 0 Å². The molecule has 1 aromatic carbocycles. The van der Waals surface area contributed by atoms with Gasteiger partial charge in [-0.05, 0) is 29.8 Å². The van der Waals surface area contributed by atoms with Gasteiger partial charge in [0.1, 0.15) is 17.1 Å². The maximum Gasteiger partial charge on any atom is 0.356 e. The fraction of sp³-hybridized carbons (Fsp3) is 0.176. The Hall–Kier alpha value is -3.02. The lowest BCUT2D eigenvalue weighted by atomic mass is 10.2. The van der Waals surface area contributed by atoms with Crippen LogP contribution in [0.25, 0.3) is 11.5 Å². The van der Waals surface area contributed by atoms with Gasteiger partial charge in [0.05, 0.1) is 27.0 Å². The Morgan fingerprint density at radius 1 is 1.22 bits per heavy atom. The lowest BCUT2D eigenvalue weighted by molar-refractivity contribution is 0.0587. The molecule has 0 aliphatic heterocycles. The molecular formula is C17H16N2O4. The molecule has 6 heteroatoms. The molecule has 0 amide bonds. The Morgan fingerprint density at radius 3 is 2.61 bits per heavy atom. The first-order valence-corrected chi connectivity index (χ1v) is 7.04. The van der Waals surface area contributed by atoms with E-state index >= 15 is 0 Å². The van der Waals surface area contributed by atoms with Gasteiger partial charge in [0.25, 0.3) is 0 Å². The van der Waals surface area contributed by atoms with Crippen molar-refractivity contribution >= 4 is 5.97 Å². The molecule has 3 aromatic rings. The Balaban J connectivity index is 1.94. The Kier molecular flexibility index (Phi) is 4.14. The van der Waals surface area contributed by atoms with Crippen molar-refractivity contribution in [2.75, 3.05) is 14.2 Å². The average Bonchev–Trinajstić information content (AvgIpc) is 3.24. The summed E-state index contributed by atoms with van der Waals surface area (Å²) in [7, 11) is 2.97. The molecule has 0 atom stereocenters. The molecule has 0 saturated carbocycles. The van der Waals surface area contributed by atoms with Gasteiger partial charge in [0.2, 0.25) is 0 Å². The summed E-state index contributed by atoms with van der Waals surface area (Å²) in [5.41, 5.74) is 1.95. The first-order chi connectivity index (χ1) is 11.2. The number of carbonyl (C=O) groups is 1. The number of ether oxygens (including phenoxy) is 2. The van der Waals surface area contributed by atoms with Crippen LogP contribution in [-0.4, -0.2) is 30.0 Å². The molecule has 0 aliphatic rings. The van der Waals surface area contributed by atoms with Crippen molar-refractivity contribution in [1.82, 2.24) is 9.78 Å². The highest BCUT2D eigenvalue weighted by Gasteiger charge is 2.18. The van der Waals surface area contributed by atoms with Crippen LogP contribution in [0.3, 0.4) is 0 Å². The van der Waals surface area contributed by atoms with E-state index in [4.69, 9.17) is 13.9 Å². The van der Waals surface area contributed by atoms with E-state index in [-0.39, 0.29) is 0 Å². The summed E-state index contributed by atoms with van der Waals surface area (Å²) in [5.74, 6) is 0.936. The third-order valence-corrected chi connectivity index (χ3v) is 3.44. The van der Waals surface area contributed by atoms with Crippen LogP contribution < -0.4 is 4.74 Å². The summed E-state index contributed by atoms with van der Waals surface area (Å²) in [5, 5.41) is 4.45. The predicted molar refractivity (Wildman–Crippen MR) is 83.4 cm³/mol. The highest BCUT2D eigenvalue weighted by atomic mass is 16.5. The summed E-state index contributed by atoms with van der Waals surface area (Å²) < 4.78 is 16.9. The number of furan rings is 1. The minimum Gasteiger partial charge on any atom is -0.497 e. The number of methoxy groups -OCH3 is 2. The van der Waals surface area contributed by atoms with Crippen LogP contribution >= 0.6 is 0 Å². The highest BCUT2D eigenvalue weighted by molar-refractivity contribution is 5.88. The molecule has 2 aromatic heterocycles. The number of carbonyl (C=O) groups excluding carboxylic acids is 1. The van der Waals surface area contributed by atoms with E-state index in [2.05, 4.69) is 5.10 Å². The molecule has 0 aliphatic carbocycles. The van der Waals surface area contributed by atoms with Gasteiger partial charge in [-0.2, -0.15) is 5.10 Å². The molecule has 0 fully saturated rings. The summed E-state index contributed by atoms with van der Waals surface area (Å²) >= 11 is 0. The minimum absolute atomic E-state index is 0.370. The maximum absolute atomic E-state index is 12.0. The van der Waals surface area contributed by atoms with Crippen LogP contribution in [0.15, 0.2) is 53.1 Å². The van der Waals surface area contributed by atoms with Crippen LogP contribution in [0, 0.1) is 0 Å². The molecule has 0 spiro atoms. The zero-order valence-electron chi connectivity index (χ0n) is 12.9. The van der Waals surface area contributed by atoms with Crippen molar-refractivity contribution in [1.29, 1.82) is 0 Å². The van der Waals surface area contributed by atoms with Crippen LogP contribution in [0.1, 0.15) is 16.1 Å². The first-order valence-electron chi connectivity index (χ1n) is 7.04. The number of nitrogens with zero attached hydrogens (tertiary/aromatic N) is 2. The van der Waals surface area contributed by atoms with Crippen LogP contribution in [0.5, 0.6) is 5.75 Å². The van der Waals surface area contributed by atoms with Crippen molar-refractivity contribution < 1.29 is 18.7 Å². The van der Waals surface area contributed by atoms with Crippen molar-refractivity contribution in [2.45, 2.75) is 6.54 Å². The average molecular weight is 312 g/mol. The van der Waals surface area contributed by atoms with Crippen LogP contribution in [-0.2, 0) is 11.3 Å². The van der Waals surface area contributed by atoms with E-state index in [1.807, 2.05) is 24.3 Å². The molecule has 0 N–H and O–H groups in total. The van der Waals surface area contributed by atoms with Gasteiger partial charge in [-0.25, -0.2) is 4.79 Å². The van der Waals surface area contributed by atoms with Gasteiger partial charge in [-0.15, -0.1) is 0 Å². The molecule has 0 bridgehead atoms. The topological polar surface area (TPSA) is 66.5 Å². The monoisotopic (exact) mass is 312 g/mol. The summed E-state index contributed by atoms with van der Waals surface area (Å²) in [4.78, 5) is 12.0. The van der Waals surface area contributed by atoms with Crippen LogP contribution in [0.2, 0.25) is 0 Å². The number of hydrogen-bond acceptors (Lipinski definition) is 5. The fourth-order valence-electron chi connectivity index (χ4n) is 2.25. The van der Waals surface area contributed by atoms with Gasteiger partial charge in [-0.1, -0.05) is 12.1 Å². The summed E-state index contributed by atoms with van der Waals surface area (Å²) in [6.45, 7) is 0.440. The second kappa shape index (κ2) is 6.39. The Morgan fingerprint density at radius 2 is 2.00 bits per heavy atom. The Bertz CT molecular complexity index is 789. The molecule has 6 nitrogen and oxygen atoms in total. The van der Waals surface area contributed by atoms with E-state index in [0.717, 1.165) is 11.3 Å².